The third-order valence-electron chi connectivity index (χ3n) is 2.52. The molecule has 1 atom stereocenters. The zero-order chi connectivity index (χ0) is 12.3. The predicted octanol–water partition coefficient (Wildman–Crippen LogP) is 1.96. The molecule has 0 unspecified atom stereocenters. The minimum atomic E-state index is 0. The van der Waals surface area contributed by atoms with Crippen molar-refractivity contribution in [3.05, 3.63) is 11.4 Å². The molecule has 7 heteroatoms. The van der Waals surface area contributed by atoms with Gasteiger partial charge in [-0.15, -0.1) is 11.3 Å². The molecule has 0 saturated carbocycles. The number of nitrogen functional groups attached to an aromatic ring is 1. The highest BCUT2D eigenvalue weighted by molar-refractivity contribution is 7.59. The quantitative estimate of drug-likeness (QED) is 0.782. The van der Waals surface area contributed by atoms with Gasteiger partial charge in [-0.05, 0) is 17.9 Å². The Morgan fingerprint density at radius 3 is 2.94 bits per heavy atom. The van der Waals surface area contributed by atoms with E-state index in [1.165, 1.54) is 0 Å². The molecule has 0 radical (unpaired) electrons. The van der Waals surface area contributed by atoms with Gasteiger partial charge in [-0.25, -0.2) is 4.98 Å². The van der Waals surface area contributed by atoms with Crippen LogP contribution in [0.4, 0.5) is 11.8 Å². The van der Waals surface area contributed by atoms with Crippen molar-refractivity contribution < 1.29 is 5.11 Å². The molecule has 2 aromatic heterocycles. The lowest BCUT2D eigenvalue weighted by molar-refractivity contribution is 0.268. The summed E-state index contributed by atoms with van der Waals surface area (Å²) in [6, 6.07) is 1.93. The first-order valence-electron chi connectivity index (χ1n) is 5.62. The maximum Gasteiger partial charge on any atom is 0.222 e. The van der Waals surface area contributed by atoms with Crippen LogP contribution in [0.3, 0.4) is 0 Å². The Hall–Kier alpha value is -1.05. The van der Waals surface area contributed by atoms with Crippen LogP contribution >= 0.6 is 24.8 Å². The summed E-state index contributed by atoms with van der Waals surface area (Å²) in [7, 11) is 0. The van der Waals surface area contributed by atoms with Crippen LogP contribution in [-0.2, 0) is 0 Å². The molecular weight excluding hydrogens is 268 g/mol. The molecule has 0 bridgehead atoms. The number of fused-ring (bicyclic) bond motifs is 1. The number of aromatic nitrogens is 2. The van der Waals surface area contributed by atoms with Crippen molar-refractivity contribution in [2.24, 2.45) is 0 Å². The zero-order valence-corrected chi connectivity index (χ0v) is 12.0. The largest absolute Gasteiger partial charge is 0.394 e. The number of nitrogens with two attached hydrogens (primary N) is 1. The molecule has 0 aliphatic carbocycles. The minimum Gasteiger partial charge on any atom is -0.394 e. The van der Waals surface area contributed by atoms with Crippen LogP contribution in [0.5, 0.6) is 0 Å². The van der Waals surface area contributed by atoms with Gasteiger partial charge in [0, 0.05) is 0 Å². The van der Waals surface area contributed by atoms with Crippen molar-refractivity contribution in [2.45, 2.75) is 25.8 Å². The molecule has 18 heavy (non-hydrogen) atoms. The van der Waals surface area contributed by atoms with Crippen molar-refractivity contribution >= 4 is 46.8 Å². The summed E-state index contributed by atoms with van der Waals surface area (Å²) < 4.78 is 0.980. The van der Waals surface area contributed by atoms with Gasteiger partial charge in [-0.2, -0.15) is 18.5 Å². The molecule has 0 aliphatic rings. The number of aliphatic hydroxyl groups is 1. The Balaban J connectivity index is 0.00000162. The van der Waals surface area contributed by atoms with Crippen molar-refractivity contribution in [3.63, 3.8) is 0 Å². The van der Waals surface area contributed by atoms with E-state index < -0.39 is 0 Å². The topological polar surface area (TPSA) is 84.1 Å². The van der Waals surface area contributed by atoms with E-state index in [1.807, 2.05) is 11.4 Å². The smallest absolute Gasteiger partial charge is 0.222 e. The van der Waals surface area contributed by atoms with Crippen LogP contribution in [0.25, 0.3) is 10.2 Å². The second kappa shape index (κ2) is 6.77. The van der Waals surface area contributed by atoms with E-state index in [0.29, 0.717) is 0 Å². The highest BCUT2D eigenvalue weighted by atomic mass is 32.1. The Morgan fingerprint density at radius 2 is 2.28 bits per heavy atom. The summed E-state index contributed by atoms with van der Waals surface area (Å²) in [6.45, 7) is 2.17. The first-order chi connectivity index (χ1) is 8.24. The average molecular weight is 286 g/mol. The number of thiophene rings is 1. The van der Waals surface area contributed by atoms with E-state index >= 15 is 0 Å². The number of rotatable bonds is 5. The third-order valence-corrected chi connectivity index (χ3v) is 3.43. The Morgan fingerprint density at radius 1 is 1.50 bits per heavy atom. The van der Waals surface area contributed by atoms with Gasteiger partial charge in [0.2, 0.25) is 5.95 Å². The number of aliphatic hydroxyl groups excluding tert-OH is 1. The van der Waals surface area contributed by atoms with Crippen molar-refractivity contribution in [1.82, 2.24) is 9.97 Å². The molecule has 0 saturated heterocycles. The molecule has 2 heterocycles. The van der Waals surface area contributed by atoms with E-state index in [1.54, 1.807) is 11.3 Å². The maximum atomic E-state index is 9.28. The average Bonchev–Trinajstić information content (AvgIpc) is 2.76. The Kier molecular flexibility index (Phi) is 5.64. The third kappa shape index (κ3) is 3.24. The van der Waals surface area contributed by atoms with Gasteiger partial charge in [0.25, 0.3) is 0 Å². The fourth-order valence-electron chi connectivity index (χ4n) is 1.73. The van der Waals surface area contributed by atoms with Gasteiger partial charge in [0.05, 0.1) is 22.9 Å². The van der Waals surface area contributed by atoms with Crippen LogP contribution in [0.15, 0.2) is 11.4 Å². The Bertz CT molecular complexity index is 503. The number of nitrogens with zero attached hydrogens (tertiary/aromatic N) is 2. The van der Waals surface area contributed by atoms with Crippen LogP contribution in [0, 0.1) is 0 Å². The SMILES string of the molecule is CCC[C@@H](CO)Nc1nc(N)nc2ccsc12.S. The summed E-state index contributed by atoms with van der Waals surface area (Å²) in [6.07, 6.45) is 1.90. The van der Waals surface area contributed by atoms with Crippen molar-refractivity contribution in [3.8, 4) is 0 Å². The van der Waals surface area contributed by atoms with Gasteiger partial charge in [0.15, 0.2) is 0 Å². The monoisotopic (exact) mass is 286 g/mol. The number of hydrogen-bond acceptors (Lipinski definition) is 6. The molecule has 4 N–H and O–H groups in total. The van der Waals surface area contributed by atoms with Crippen LogP contribution in [0.1, 0.15) is 19.8 Å². The minimum absolute atomic E-state index is 0. The van der Waals surface area contributed by atoms with Gasteiger partial charge >= 0.3 is 0 Å². The summed E-state index contributed by atoms with van der Waals surface area (Å²) in [5.74, 6) is 0.974. The first-order valence-corrected chi connectivity index (χ1v) is 6.50. The number of hydrogen-bond donors (Lipinski definition) is 3. The predicted molar refractivity (Wildman–Crippen MR) is 81.6 cm³/mol. The standard InChI is InChI=1S/C11H16N4OS.H2S/c1-2-3-7(6-16)13-10-9-8(4-5-17-9)14-11(12)15-10;/h4-5,7,16H,2-3,6H2,1H3,(H3,12,13,14,15);1H2/t7-;/m0./s1. The maximum absolute atomic E-state index is 9.28. The van der Waals surface area contributed by atoms with Gasteiger partial charge < -0.3 is 16.2 Å². The number of nitrogens with one attached hydrogen (secondary N) is 1. The Labute approximate surface area is 117 Å². The van der Waals surface area contributed by atoms with E-state index in [-0.39, 0.29) is 32.1 Å². The van der Waals surface area contributed by atoms with Crippen molar-refractivity contribution in [1.29, 1.82) is 0 Å². The highest BCUT2D eigenvalue weighted by Gasteiger charge is 2.12. The van der Waals surface area contributed by atoms with Gasteiger partial charge in [-0.1, -0.05) is 13.3 Å². The van der Waals surface area contributed by atoms with E-state index in [4.69, 9.17) is 5.73 Å². The molecule has 0 spiro atoms. The number of anilines is 2. The van der Waals surface area contributed by atoms with Crippen molar-refractivity contribution in [2.75, 3.05) is 17.7 Å². The summed E-state index contributed by atoms with van der Waals surface area (Å²) in [4.78, 5) is 8.35. The van der Waals surface area contributed by atoms with E-state index in [2.05, 4.69) is 22.2 Å². The molecule has 0 aromatic carbocycles. The van der Waals surface area contributed by atoms with Crippen LogP contribution in [-0.4, -0.2) is 27.7 Å². The molecule has 2 aromatic rings. The molecule has 0 aliphatic heterocycles. The molecule has 5 nitrogen and oxygen atoms in total. The lowest BCUT2D eigenvalue weighted by Crippen LogP contribution is -2.24. The van der Waals surface area contributed by atoms with Crippen LogP contribution in [0.2, 0.25) is 0 Å². The second-order valence-electron chi connectivity index (χ2n) is 3.88. The van der Waals surface area contributed by atoms with Gasteiger partial charge in [-0.3, -0.25) is 0 Å². The molecule has 2 rings (SSSR count). The molecule has 0 amide bonds. The summed E-state index contributed by atoms with van der Waals surface area (Å²) in [5, 5.41) is 14.5. The highest BCUT2D eigenvalue weighted by Crippen LogP contribution is 2.27. The normalized spacial score (nSPS) is 12.1. The zero-order valence-electron chi connectivity index (χ0n) is 10.2. The molecule has 100 valence electrons. The lowest BCUT2D eigenvalue weighted by Gasteiger charge is -2.16. The molecular formula is C11H18N4OS2. The van der Waals surface area contributed by atoms with Gasteiger partial charge in [0.1, 0.15) is 5.82 Å². The summed E-state index contributed by atoms with van der Waals surface area (Å²) in [5.41, 5.74) is 6.50. The fraction of sp³-hybridized carbons (Fsp3) is 0.455. The summed E-state index contributed by atoms with van der Waals surface area (Å²) >= 11 is 1.57. The molecule has 0 fully saturated rings. The van der Waals surface area contributed by atoms with E-state index in [9.17, 15) is 5.11 Å². The first kappa shape index (κ1) is 15.0. The lowest BCUT2D eigenvalue weighted by atomic mass is 10.2. The van der Waals surface area contributed by atoms with E-state index in [0.717, 1.165) is 28.9 Å². The van der Waals surface area contributed by atoms with Crippen LogP contribution < -0.4 is 11.1 Å². The second-order valence-corrected chi connectivity index (χ2v) is 4.79. The fourth-order valence-corrected chi connectivity index (χ4v) is 2.51.